The second-order valence-electron chi connectivity index (χ2n) is 7.51. The lowest BCUT2D eigenvalue weighted by atomic mass is 9.84. The third-order valence-corrected chi connectivity index (χ3v) is 5.44. The van der Waals surface area contributed by atoms with E-state index in [0.717, 1.165) is 37.3 Å². The molecule has 0 radical (unpaired) electrons. The van der Waals surface area contributed by atoms with Gasteiger partial charge in [-0.1, -0.05) is 36.2 Å². The molecular weight excluding hydrogens is 336 g/mol. The van der Waals surface area contributed by atoms with Crippen LogP contribution >= 0.6 is 0 Å². The SMILES string of the molecule is Cc1ccc(Cn2cccc2CN(Cc2ccco2)C(=O)C2CCC2)cc1. The topological polar surface area (TPSA) is 38.4 Å². The van der Waals surface area contributed by atoms with Gasteiger partial charge in [0.05, 0.1) is 19.4 Å². The van der Waals surface area contributed by atoms with E-state index in [1.165, 1.54) is 11.1 Å². The monoisotopic (exact) mass is 362 g/mol. The Morgan fingerprint density at radius 1 is 1.11 bits per heavy atom. The van der Waals surface area contributed by atoms with Crippen LogP contribution in [0.3, 0.4) is 0 Å². The van der Waals surface area contributed by atoms with Crippen molar-refractivity contribution in [2.24, 2.45) is 5.92 Å². The maximum absolute atomic E-state index is 13.0. The van der Waals surface area contributed by atoms with Crippen molar-refractivity contribution in [2.75, 3.05) is 0 Å². The normalized spacial score (nSPS) is 14.1. The fourth-order valence-electron chi connectivity index (χ4n) is 3.55. The predicted octanol–water partition coefficient (Wildman–Crippen LogP) is 4.77. The van der Waals surface area contributed by atoms with Crippen molar-refractivity contribution in [3.05, 3.63) is 83.6 Å². The Morgan fingerprint density at radius 3 is 2.59 bits per heavy atom. The summed E-state index contributed by atoms with van der Waals surface area (Å²) in [6.45, 7) is 4.05. The molecule has 0 N–H and O–H groups in total. The summed E-state index contributed by atoms with van der Waals surface area (Å²) in [7, 11) is 0. The third kappa shape index (κ3) is 4.16. The van der Waals surface area contributed by atoms with Gasteiger partial charge in [0.1, 0.15) is 5.76 Å². The Balaban J connectivity index is 1.51. The Bertz CT molecular complexity index is 874. The van der Waals surface area contributed by atoms with Crippen molar-refractivity contribution >= 4 is 5.91 Å². The molecule has 0 atom stereocenters. The van der Waals surface area contributed by atoms with Crippen LogP contribution in [-0.4, -0.2) is 15.4 Å². The van der Waals surface area contributed by atoms with E-state index < -0.39 is 0 Å². The van der Waals surface area contributed by atoms with E-state index in [-0.39, 0.29) is 11.8 Å². The number of aryl methyl sites for hydroxylation is 1. The maximum Gasteiger partial charge on any atom is 0.226 e. The molecule has 1 aromatic carbocycles. The van der Waals surface area contributed by atoms with Crippen LogP contribution in [0.15, 0.2) is 65.4 Å². The Hall–Kier alpha value is -2.75. The minimum atomic E-state index is 0.181. The average molecular weight is 362 g/mol. The van der Waals surface area contributed by atoms with Crippen molar-refractivity contribution in [3.8, 4) is 0 Å². The highest BCUT2D eigenvalue weighted by Crippen LogP contribution is 2.29. The molecule has 1 amide bonds. The quantitative estimate of drug-likeness (QED) is 0.607. The first-order valence-corrected chi connectivity index (χ1v) is 9.70. The lowest BCUT2D eigenvalue weighted by molar-refractivity contribution is -0.139. The fourth-order valence-corrected chi connectivity index (χ4v) is 3.55. The molecule has 4 rings (SSSR count). The van der Waals surface area contributed by atoms with Gasteiger partial charge >= 0.3 is 0 Å². The molecule has 3 aromatic rings. The highest BCUT2D eigenvalue weighted by Gasteiger charge is 2.30. The van der Waals surface area contributed by atoms with Gasteiger partial charge in [-0.3, -0.25) is 4.79 Å². The fraction of sp³-hybridized carbons (Fsp3) is 0.348. The molecule has 27 heavy (non-hydrogen) atoms. The number of benzene rings is 1. The van der Waals surface area contributed by atoms with E-state index in [9.17, 15) is 4.79 Å². The average Bonchev–Trinajstić information content (AvgIpc) is 3.27. The molecule has 4 heteroatoms. The van der Waals surface area contributed by atoms with Crippen molar-refractivity contribution in [1.29, 1.82) is 0 Å². The summed E-state index contributed by atoms with van der Waals surface area (Å²) in [5.74, 6) is 1.26. The van der Waals surface area contributed by atoms with Crippen molar-refractivity contribution < 1.29 is 9.21 Å². The molecule has 1 fully saturated rings. The number of carbonyl (C=O) groups is 1. The van der Waals surface area contributed by atoms with Crippen LogP contribution in [0.1, 0.15) is 41.8 Å². The zero-order valence-corrected chi connectivity index (χ0v) is 15.8. The smallest absolute Gasteiger partial charge is 0.226 e. The number of carbonyl (C=O) groups excluding carboxylic acids is 1. The van der Waals surface area contributed by atoms with Gasteiger partial charge in [0.25, 0.3) is 0 Å². The van der Waals surface area contributed by atoms with Crippen molar-refractivity contribution in [2.45, 2.75) is 45.8 Å². The molecule has 2 heterocycles. The molecule has 4 nitrogen and oxygen atoms in total. The van der Waals surface area contributed by atoms with Crippen LogP contribution in [0.4, 0.5) is 0 Å². The predicted molar refractivity (Wildman–Crippen MR) is 105 cm³/mol. The highest BCUT2D eigenvalue weighted by atomic mass is 16.3. The molecule has 140 valence electrons. The largest absolute Gasteiger partial charge is 0.467 e. The first-order chi connectivity index (χ1) is 13.2. The van der Waals surface area contributed by atoms with Gasteiger partial charge in [-0.25, -0.2) is 0 Å². The van der Waals surface area contributed by atoms with Gasteiger partial charge in [0.2, 0.25) is 5.91 Å². The Morgan fingerprint density at radius 2 is 1.93 bits per heavy atom. The van der Waals surface area contributed by atoms with Crippen LogP contribution in [-0.2, 0) is 24.4 Å². The highest BCUT2D eigenvalue weighted by molar-refractivity contribution is 5.79. The minimum Gasteiger partial charge on any atom is -0.467 e. The van der Waals surface area contributed by atoms with E-state index in [4.69, 9.17) is 4.42 Å². The summed E-state index contributed by atoms with van der Waals surface area (Å²) in [5.41, 5.74) is 3.68. The zero-order chi connectivity index (χ0) is 18.6. The van der Waals surface area contributed by atoms with Crippen LogP contribution in [0.5, 0.6) is 0 Å². The summed E-state index contributed by atoms with van der Waals surface area (Å²) in [4.78, 5) is 14.9. The van der Waals surface area contributed by atoms with Crippen LogP contribution in [0.25, 0.3) is 0 Å². The van der Waals surface area contributed by atoms with Gasteiger partial charge < -0.3 is 13.9 Å². The number of aromatic nitrogens is 1. The molecule has 1 aliphatic carbocycles. The lowest BCUT2D eigenvalue weighted by Crippen LogP contribution is -2.38. The summed E-state index contributed by atoms with van der Waals surface area (Å²) < 4.78 is 7.73. The number of amides is 1. The van der Waals surface area contributed by atoms with Crippen LogP contribution in [0.2, 0.25) is 0 Å². The molecule has 2 aromatic heterocycles. The third-order valence-electron chi connectivity index (χ3n) is 5.44. The van der Waals surface area contributed by atoms with Crippen LogP contribution in [0, 0.1) is 12.8 Å². The molecule has 1 aliphatic rings. The van der Waals surface area contributed by atoms with Gasteiger partial charge in [-0.05, 0) is 49.6 Å². The van der Waals surface area contributed by atoms with Crippen LogP contribution < -0.4 is 0 Å². The lowest BCUT2D eigenvalue weighted by Gasteiger charge is -2.31. The molecule has 0 aliphatic heterocycles. The van der Waals surface area contributed by atoms with Gasteiger partial charge in [-0.2, -0.15) is 0 Å². The molecule has 0 saturated heterocycles. The summed E-state index contributed by atoms with van der Waals surface area (Å²) in [6, 6.07) is 16.6. The summed E-state index contributed by atoms with van der Waals surface area (Å²) in [5, 5.41) is 0. The van der Waals surface area contributed by atoms with Crippen molar-refractivity contribution in [3.63, 3.8) is 0 Å². The molecule has 0 bridgehead atoms. The van der Waals surface area contributed by atoms with E-state index in [0.29, 0.717) is 13.1 Å². The molecule has 0 unspecified atom stereocenters. The number of furan rings is 1. The molecular formula is C23H26N2O2. The number of nitrogens with zero attached hydrogens (tertiary/aromatic N) is 2. The van der Waals surface area contributed by atoms with Gasteiger partial charge in [-0.15, -0.1) is 0 Å². The number of hydrogen-bond acceptors (Lipinski definition) is 2. The van der Waals surface area contributed by atoms with Crippen molar-refractivity contribution in [1.82, 2.24) is 9.47 Å². The van der Waals surface area contributed by atoms with E-state index in [1.807, 2.05) is 17.0 Å². The standard InChI is InChI=1S/C23H26N2O2/c1-18-9-11-19(12-10-18)15-24-13-3-7-21(24)16-25(17-22-8-4-14-27-22)23(26)20-5-2-6-20/h3-4,7-14,20H,2,5-6,15-17H2,1H3. The summed E-state index contributed by atoms with van der Waals surface area (Å²) in [6.07, 6.45) is 6.94. The van der Waals surface area contributed by atoms with Gasteiger partial charge in [0.15, 0.2) is 0 Å². The Labute approximate surface area is 160 Å². The Kier molecular flexibility index (Phi) is 5.14. The second kappa shape index (κ2) is 7.87. The van der Waals surface area contributed by atoms with E-state index >= 15 is 0 Å². The summed E-state index contributed by atoms with van der Waals surface area (Å²) >= 11 is 0. The van der Waals surface area contributed by atoms with E-state index in [2.05, 4.69) is 54.1 Å². The first-order valence-electron chi connectivity index (χ1n) is 9.70. The molecule has 0 spiro atoms. The van der Waals surface area contributed by atoms with E-state index in [1.54, 1.807) is 6.26 Å². The zero-order valence-electron chi connectivity index (χ0n) is 15.8. The molecule has 1 saturated carbocycles. The second-order valence-corrected chi connectivity index (χ2v) is 7.51. The first kappa shape index (κ1) is 17.7. The number of hydrogen-bond donors (Lipinski definition) is 0. The maximum atomic E-state index is 13.0. The minimum absolute atomic E-state index is 0.181. The van der Waals surface area contributed by atoms with Gasteiger partial charge in [0, 0.05) is 24.4 Å². The number of rotatable bonds is 7.